The Hall–Kier alpha value is -2.48. The van der Waals surface area contributed by atoms with Crippen LogP contribution in [0.2, 0.25) is 0 Å². The summed E-state index contributed by atoms with van der Waals surface area (Å²) in [5.41, 5.74) is 8.27. The molecule has 1 aromatic carbocycles. The number of para-hydroxylation sites is 1. The Labute approximate surface area is 98.8 Å². The highest BCUT2D eigenvalue weighted by molar-refractivity contribution is 5.72. The standard InChI is InChI=1S/C12H12N4O/c1-8-5-10(16-17-8)7-15-11-4-2-3-9(6-13)12(11)14/h2-5,15H,7,14H2,1H3. The lowest BCUT2D eigenvalue weighted by molar-refractivity contribution is 0.391. The lowest BCUT2D eigenvalue weighted by atomic mass is 10.1. The summed E-state index contributed by atoms with van der Waals surface area (Å²) in [6.07, 6.45) is 0. The number of nitrogens with one attached hydrogen (secondary N) is 1. The monoisotopic (exact) mass is 228 g/mol. The molecule has 0 radical (unpaired) electrons. The van der Waals surface area contributed by atoms with Crippen molar-refractivity contribution in [2.75, 3.05) is 11.1 Å². The first-order valence-electron chi connectivity index (χ1n) is 5.15. The van der Waals surface area contributed by atoms with Gasteiger partial charge in [-0.3, -0.25) is 0 Å². The van der Waals surface area contributed by atoms with E-state index in [-0.39, 0.29) is 0 Å². The van der Waals surface area contributed by atoms with Gasteiger partial charge in [0.05, 0.1) is 23.5 Å². The van der Waals surface area contributed by atoms with Gasteiger partial charge in [-0.25, -0.2) is 0 Å². The molecule has 0 amide bonds. The summed E-state index contributed by atoms with van der Waals surface area (Å²) < 4.78 is 4.95. The molecular formula is C12H12N4O. The van der Waals surface area contributed by atoms with Gasteiger partial charge in [0, 0.05) is 6.07 Å². The second kappa shape index (κ2) is 4.58. The maximum atomic E-state index is 8.85. The summed E-state index contributed by atoms with van der Waals surface area (Å²) in [5.74, 6) is 0.764. The van der Waals surface area contributed by atoms with Gasteiger partial charge < -0.3 is 15.6 Å². The molecule has 3 N–H and O–H groups in total. The predicted octanol–water partition coefficient (Wildman–Crippen LogP) is 2.05. The fourth-order valence-corrected chi connectivity index (χ4v) is 1.50. The molecule has 0 spiro atoms. The molecule has 0 aliphatic heterocycles. The van der Waals surface area contributed by atoms with E-state index >= 15 is 0 Å². The van der Waals surface area contributed by atoms with Crippen LogP contribution in [0.1, 0.15) is 17.0 Å². The van der Waals surface area contributed by atoms with Crippen LogP contribution in [-0.2, 0) is 6.54 Å². The first-order chi connectivity index (χ1) is 8.20. The summed E-state index contributed by atoms with van der Waals surface area (Å²) in [6, 6.07) is 9.17. The number of hydrogen-bond donors (Lipinski definition) is 2. The normalized spacial score (nSPS) is 9.88. The number of nitrogen functional groups attached to an aromatic ring is 1. The second-order valence-electron chi connectivity index (χ2n) is 3.66. The molecule has 2 rings (SSSR count). The Balaban J connectivity index is 2.12. The van der Waals surface area contributed by atoms with Gasteiger partial charge in [-0.2, -0.15) is 5.26 Å². The molecule has 0 unspecified atom stereocenters. The zero-order chi connectivity index (χ0) is 12.3. The molecule has 0 aliphatic rings. The van der Waals surface area contributed by atoms with E-state index in [1.54, 1.807) is 12.1 Å². The Morgan fingerprint density at radius 3 is 3.00 bits per heavy atom. The van der Waals surface area contributed by atoms with Crippen molar-refractivity contribution in [3.8, 4) is 6.07 Å². The number of benzene rings is 1. The number of nitrogens with zero attached hydrogens (tertiary/aromatic N) is 2. The average Bonchev–Trinajstić information content (AvgIpc) is 2.74. The van der Waals surface area contributed by atoms with E-state index in [0.717, 1.165) is 17.1 Å². The molecule has 0 fully saturated rings. The van der Waals surface area contributed by atoms with E-state index in [2.05, 4.69) is 10.5 Å². The summed E-state index contributed by atoms with van der Waals surface area (Å²) in [5, 5.41) is 15.8. The quantitative estimate of drug-likeness (QED) is 0.785. The second-order valence-corrected chi connectivity index (χ2v) is 3.66. The van der Waals surface area contributed by atoms with Gasteiger partial charge >= 0.3 is 0 Å². The SMILES string of the molecule is Cc1cc(CNc2cccc(C#N)c2N)no1. The fourth-order valence-electron chi connectivity index (χ4n) is 1.50. The molecule has 17 heavy (non-hydrogen) atoms. The topological polar surface area (TPSA) is 87.9 Å². The molecule has 0 saturated heterocycles. The fraction of sp³-hybridized carbons (Fsp3) is 0.167. The van der Waals surface area contributed by atoms with Crippen LogP contribution in [0.25, 0.3) is 0 Å². The van der Waals surface area contributed by atoms with Gasteiger partial charge in [0.15, 0.2) is 0 Å². The van der Waals surface area contributed by atoms with Crippen LogP contribution in [0.4, 0.5) is 11.4 Å². The van der Waals surface area contributed by atoms with Crippen molar-refractivity contribution in [2.24, 2.45) is 0 Å². The average molecular weight is 228 g/mol. The maximum Gasteiger partial charge on any atom is 0.133 e. The van der Waals surface area contributed by atoms with E-state index < -0.39 is 0 Å². The summed E-state index contributed by atoms with van der Waals surface area (Å²) in [7, 11) is 0. The third-order valence-electron chi connectivity index (χ3n) is 2.36. The number of rotatable bonds is 3. The van der Waals surface area contributed by atoms with E-state index in [4.69, 9.17) is 15.5 Å². The van der Waals surface area contributed by atoms with Crippen LogP contribution < -0.4 is 11.1 Å². The van der Waals surface area contributed by atoms with Crippen molar-refractivity contribution in [1.82, 2.24) is 5.16 Å². The Kier molecular flexibility index (Phi) is 2.97. The van der Waals surface area contributed by atoms with Gasteiger partial charge in [0.2, 0.25) is 0 Å². The molecule has 0 atom stereocenters. The van der Waals surface area contributed by atoms with Crippen LogP contribution in [0.5, 0.6) is 0 Å². The van der Waals surface area contributed by atoms with Crippen molar-refractivity contribution in [1.29, 1.82) is 5.26 Å². The lowest BCUT2D eigenvalue weighted by Crippen LogP contribution is -2.03. The highest BCUT2D eigenvalue weighted by atomic mass is 16.5. The van der Waals surface area contributed by atoms with Crippen molar-refractivity contribution in [3.63, 3.8) is 0 Å². The van der Waals surface area contributed by atoms with Crippen LogP contribution in [0, 0.1) is 18.3 Å². The van der Waals surface area contributed by atoms with Crippen molar-refractivity contribution < 1.29 is 4.52 Å². The van der Waals surface area contributed by atoms with Crippen molar-refractivity contribution >= 4 is 11.4 Å². The summed E-state index contributed by atoms with van der Waals surface area (Å²) in [4.78, 5) is 0. The minimum Gasteiger partial charge on any atom is -0.396 e. The molecule has 86 valence electrons. The van der Waals surface area contributed by atoms with E-state index in [9.17, 15) is 0 Å². The Morgan fingerprint density at radius 1 is 1.53 bits per heavy atom. The maximum absolute atomic E-state index is 8.85. The third-order valence-corrected chi connectivity index (χ3v) is 2.36. The number of nitrogens with two attached hydrogens (primary N) is 1. The molecule has 5 nitrogen and oxygen atoms in total. The summed E-state index contributed by atoms with van der Waals surface area (Å²) in [6.45, 7) is 2.34. The number of aromatic nitrogens is 1. The number of aryl methyl sites for hydroxylation is 1. The van der Waals surface area contributed by atoms with Gasteiger partial charge in [-0.1, -0.05) is 11.2 Å². The van der Waals surface area contributed by atoms with Gasteiger partial charge in [-0.15, -0.1) is 0 Å². The van der Waals surface area contributed by atoms with Crippen LogP contribution in [0.15, 0.2) is 28.8 Å². The van der Waals surface area contributed by atoms with Gasteiger partial charge in [-0.05, 0) is 19.1 Å². The van der Waals surface area contributed by atoms with Crippen LogP contribution >= 0.6 is 0 Å². The first kappa shape index (κ1) is 11.0. The van der Waals surface area contributed by atoms with E-state index in [0.29, 0.717) is 17.8 Å². The Morgan fingerprint density at radius 2 is 2.35 bits per heavy atom. The van der Waals surface area contributed by atoms with Crippen LogP contribution in [0.3, 0.4) is 0 Å². The lowest BCUT2D eigenvalue weighted by Gasteiger charge is -2.08. The number of nitriles is 1. The molecule has 0 saturated carbocycles. The largest absolute Gasteiger partial charge is 0.396 e. The third kappa shape index (κ3) is 2.37. The van der Waals surface area contributed by atoms with E-state index in [1.807, 2.05) is 25.1 Å². The smallest absolute Gasteiger partial charge is 0.133 e. The zero-order valence-electron chi connectivity index (χ0n) is 9.40. The zero-order valence-corrected chi connectivity index (χ0v) is 9.40. The Bertz CT molecular complexity index is 568. The minimum atomic E-state index is 0.454. The highest BCUT2D eigenvalue weighted by Crippen LogP contribution is 2.22. The summed E-state index contributed by atoms with van der Waals surface area (Å²) >= 11 is 0. The van der Waals surface area contributed by atoms with Gasteiger partial charge in [0.1, 0.15) is 17.5 Å². The molecular weight excluding hydrogens is 216 g/mol. The minimum absolute atomic E-state index is 0.454. The van der Waals surface area contributed by atoms with E-state index in [1.165, 1.54) is 0 Å². The van der Waals surface area contributed by atoms with Crippen molar-refractivity contribution in [2.45, 2.75) is 13.5 Å². The molecule has 1 aromatic heterocycles. The number of hydrogen-bond acceptors (Lipinski definition) is 5. The molecule has 1 heterocycles. The highest BCUT2D eigenvalue weighted by Gasteiger charge is 2.05. The van der Waals surface area contributed by atoms with Crippen molar-refractivity contribution in [3.05, 3.63) is 41.3 Å². The van der Waals surface area contributed by atoms with Gasteiger partial charge in [0.25, 0.3) is 0 Å². The predicted molar refractivity (Wildman–Crippen MR) is 64.1 cm³/mol. The molecule has 2 aromatic rings. The first-order valence-corrected chi connectivity index (χ1v) is 5.15. The molecule has 0 bridgehead atoms. The molecule has 0 aliphatic carbocycles. The molecule has 5 heteroatoms. The van der Waals surface area contributed by atoms with Crippen LogP contribution in [-0.4, -0.2) is 5.16 Å². The number of anilines is 2.